The van der Waals surface area contributed by atoms with Gasteiger partial charge in [-0.05, 0) is 37.8 Å². The normalized spacial score (nSPS) is 18.4. The van der Waals surface area contributed by atoms with E-state index >= 15 is 0 Å². The summed E-state index contributed by atoms with van der Waals surface area (Å²) >= 11 is 0. The highest BCUT2D eigenvalue weighted by Gasteiger charge is 2.30. The molecule has 0 spiro atoms. The number of amides is 1. The largest absolute Gasteiger partial charge is 0.355 e. The molecule has 0 atom stereocenters. The molecule has 2 aliphatic rings. The van der Waals surface area contributed by atoms with Crippen LogP contribution in [0.3, 0.4) is 0 Å². The Morgan fingerprint density at radius 1 is 0.958 bits per heavy atom. The molecule has 1 aromatic heterocycles. The number of anilines is 1. The van der Waals surface area contributed by atoms with Gasteiger partial charge in [0.05, 0.1) is 5.69 Å². The fourth-order valence-electron chi connectivity index (χ4n) is 3.17. The van der Waals surface area contributed by atoms with E-state index in [4.69, 9.17) is 0 Å². The molecule has 2 heterocycles. The molecule has 1 N–H and O–H groups in total. The number of carbonyl (C=O) groups is 1. The summed E-state index contributed by atoms with van der Waals surface area (Å²) < 4.78 is 0. The number of rotatable bonds is 4. The molecular formula is C19H22N4O. The van der Waals surface area contributed by atoms with Crippen LogP contribution in [0.2, 0.25) is 0 Å². The van der Waals surface area contributed by atoms with Gasteiger partial charge in [0.1, 0.15) is 0 Å². The Labute approximate surface area is 142 Å². The molecule has 0 radical (unpaired) electrons. The van der Waals surface area contributed by atoms with E-state index in [1.54, 1.807) is 0 Å². The highest BCUT2D eigenvalue weighted by atomic mass is 16.2. The molecule has 0 unspecified atom stereocenters. The van der Waals surface area contributed by atoms with Crippen LogP contribution in [0, 0.1) is 5.92 Å². The minimum atomic E-state index is 0.151. The lowest BCUT2D eigenvalue weighted by molar-refractivity contribution is -0.125. The highest BCUT2D eigenvalue weighted by Crippen LogP contribution is 2.25. The van der Waals surface area contributed by atoms with E-state index in [2.05, 4.69) is 20.4 Å². The van der Waals surface area contributed by atoms with Crippen molar-refractivity contribution in [3.05, 3.63) is 42.5 Å². The summed E-state index contributed by atoms with van der Waals surface area (Å²) in [4.78, 5) is 14.4. The van der Waals surface area contributed by atoms with Gasteiger partial charge >= 0.3 is 0 Å². The van der Waals surface area contributed by atoms with Crippen molar-refractivity contribution in [1.82, 2.24) is 15.5 Å². The quantitative estimate of drug-likeness (QED) is 0.940. The van der Waals surface area contributed by atoms with Gasteiger partial charge in [0.25, 0.3) is 0 Å². The molecule has 1 saturated heterocycles. The van der Waals surface area contributed by atoms with Crippen LogP contribution in [0.5, 0.6) is 0 Å². The first-order valence-electron chi connectivity index (χ1n) is 8.74. The lowest BCUT2D eigenvalue weighted by atomic mass is 9.96. The second kappa shape index (κ2) is 6.59. The van der Waals surface area contributed by atoms with E-state index in [0.717, 1.165) is 55.8 Å². The lowest BCUT2D eigenvalue weighted by Gasteiger charge is -2.31. The second-order valence-electron chi connectivity index (χ2n) is 6.69. The Kier molecular flexibility index (Phi) is 4.15. The van der Waals surface area contributed by atoms with Crippen LogP contribution in [-0.4, -0.2) is 35.2 Å². The first-order chi connectivity index (χ1) is 11.8. The van der Waals surface area contributed by atoms with Gasteiger partial charge in [-0.1, -0.05) is 30.3 Å². The van der Waals surface area contributed by atoms with Crippen molar-refractivity contribution < 1.29 is 4.79 Å². The first kappa shape index (κ1) is 15.1. The molecule has 5 nitrogen and oxygen atoms in total. The number of carbonyl (C=O) groups excluding carboxylic acids is 1. The van der Waals surface area contributed by atoms with Gasteiger partial charge in [0.2, 0.25) is 5.91 Å². The first-order valence-corrected chi connectivity index (χ1v) is 8.74. The average molecular weight is 322 g/mol. The Hall–Kier alpha value is -2.43. The number of piperidine rings is 1. The van der Waals surface area contributed by atoms with E-state index in [1.165, 1.54) is 0 Å². The van der Waals surface area contributed by atoms with Crippen LogP contribution in [0.1, 0.15) is 25.7 Å². The maximum atomic E-state index is 12.1. The predicted molar refractivity (Wildman–Crippen MR) is 93.6 cm³/mol. The average Bonchev–Trinajstić information content (AvgIpc) is 3.47. The summed E-state index contributed by atoms with van der Waals surface area (Å²) in [5, 5.41) is 11.9. The summed E-state index contributed by atoms with van der Waals surface area (Å²) in [6, 6.07) is 14.6. The van der Waals surface area contributed by atoms with Crippen molar-refractivity contribution in [2.24, 2.45) is 5.92 Å². The molecule has 2 aromatic rings. The molecule has 0 bridgehead atoms. The smallest absolute Gasteiger partial charge is 0.223 e. The zero-order chi connectivity index (χ0) is 16.4. The Bertz CT molecular complexity index is 689. The third kappa shape index (κ3) is 3.40. The van der Waals surface area contributed by atoms with E-state index in [9.17, 15) is 4.79 Å². The van der Waals surface area contributed by atoms with Gasteiger partial charge in [0.15, 0.2) is 5.82 Å². The maximum absolute atomic E-state index is 12.1. The fraction of sp³-hybridized carbons (Fsp3) is 0.421. The van der Waals surface area contributed by atoms with Gasteiger partial charge < -0.3 is 10.2 Å². The van der Waals surface area contributed by atoms with Crippen molar-refractivity contribution in [1.29, 1.82) is 0 Å². The van der Waals surface area contributed by atoms with E-state index in [0.29, 0.717) is 6.04 Å². The van der Waals surface area contributed by atoms with Crippen molar-refractivity contribution in [3.63, 3.8) is 0 Å². The topological polar surface area (TPSA) is 58.1 Å². The van der Waals surface area contributed by atoms with Crippen molar-refractivity contribution >= 4 is 11.7 Å². The number of hydrogen-bond acceptors (Lipinski definition) is 4. The zero-order valence-electron chi connectivity index (χ0n) is 13.7. The molecular weight excluding hydrogens is 300 g/mol. The van der Waals surface area contributed by atoms with E-state index < -0.39 is 0 Å². The van der Waals surface area contributed by atoms with Crippen molar-refractivity contribution in [2.45, 2.75) is 31.7 Å². The molecule has 2 fully saturated rings. The third-order valence-corrected chi connectivity index (χ3v) is 4.83. The van der Waals surface area contributed by atoms with Crippen LogP contribution in [0.15, 0.2) is 42.5 Å². The number of aromatic nitrogens is 2. The summed E-state index contributed by atoms with van der Waals surface area (Å²) in [6.45, 7) is 1.73. The van der Waals surface area contributed by atoms with Gasteiger partial charge in [-0.25, -0.2) is 0 Å². The Morgan fingerprint density at radius 2 is 1.71 bits per heavy atom. The standard InChI is InChI=1S/C19H22N4O/c24-19(20-16-6-7-16)15-10-12-23(13-11-15)18-9-8-17(21-22-18)14-4-2-1-3-5-14/h1-5,8-9,15-16H,6-7,10-13H2,(H,20,24). The van der Waals surface area contributed by atoms with Crippen LogP contribution in [0.4, 0.5) is 5.82 Å². The predicted octanol–water partition coefficient (Wildman–Crippen LogP) is 2.64. The summed E-state index contributed by atoms with van der Waals surface area (Å²) in [5.41, 5.74) is 1.96. The molecule has 1 aromatic carbocycles. The van der Waals surface area contributed by atoms with Crippen LogP contribution >= 0.6 is 0 Å². The molecule has 1 amide bonds. The molecule has 24 heavy (non-hydrogen) atoms. The summed E-state index contributed by atoms with van der Waals surface area (Å²) in [6.07, 6.45) is 4.07. The van der Waals surface area contributed by atoms with Crippen molar-refractivity contribution in [3.8, 4) is 11.3 Å². The molecule has 1 saturated carbocycles. The summed E-state index contributed by atoms with van der Waals surface area (Å²) in [5.74, 6) is 1.29. The van der Waals surface area contributed by atoms with E-state index in [1.807, 2.05) is 42.5 Å². The summed E-state index contributed by atoms with van der Waals surface area (Å²) in [7, 11) is 0. The maximum Gasteiger partial charge on any atom is 0.223 e. The zero-order valence-corrected chi connectivity index (χ0v) is 13.7. The van der Waals surface area contributed by atoms with Crippen LogP contribution in [-0.2, 0) is 4.79 Å². The fourth-order valence-corrected chi connectivity index (χ4v) is 3.17. The minimum Gasteiger partial charge on any atom is -0.355 e. The number of hydrogen-bond donors (Lipinski definition) is 1. The van der Waals surface area contributed by atoms with E-state index in [-0.39, 0.29) is 11.8 Å². The highest BCUT2D eigenvalue weighted by molar-refractivity contribution is 5.79. The number of nitrogens with one attached hydrogen (secondary N) is 1. The van der Waals surface area contributed by atoms with Crippen molar-refractivity contribution in [2.75, 3.05) is 18.0 Å². The van der Waals surface area contributed by atoms with Crippen LogP contribution < -0.4 is 10.2 Å². The lowest BCUT2D eigenvalue weighted by Crippen LogP contribution is -2.41. The van der Waals surface area contributed by atoms with Gasteiger partial charge in [-0.2, -0.15) is 0 Å². The van der Waals surface area contributed by atoms with Gasteiger partial charge in [-0.3, -0.25) is 4.79 Å². The molecule has 5 heteroatoms. The van der Waals surface area contributed by atoms with Gasteiger partial charge in [-0.15, -0.1) is 10.2 Å². The second-order valence-corrected chi connectivity index (χ2v) is 6.69. The van der Waals surface area contributed by atoms with Gasteiger partial charge in [0, 0.05) is 30.6 Å². The molecule has 4 rings (SSSR count). The molecule has 124 valence electrons. The monoisotopic (exact) mass is 322 g/mol. The third-order valence-electron chi connectivity index (χ3n) is 4.83. The molecule has 1 aliphatic heterocycles. The van der Waals surface area contributed by atoms with Crippen LogP contribution in [0.25, 0.3) is 11.3 Å². The minimum absolute atomic E-state index is 0.151. The number of nitrogens with zero attached hydrogens (tertiary/aromatic N) is 3. The number of benzene rings is 1. The Morgan fingerprint density at radius 3 is 2.33 bits per heavy atom. The Balaban J connectivity index is 1.36. The SMILES string of the molecule is O=C(NC1CC1)C1CCN(c2ccc(-c3ccccc3)nn2)CC1. The molecule has 1 aliphatic carbocycles.